The highest BCUT2D eigenvalue weighted by molar-refractivity contribution is 7.80. The Hall–Kier alpha value is -3.06. The fourth-order valence-corrected chi connectivity index (χ4v) is 4.12. The van der Waals surface area contributed by atoms with Crippen molar-refractivity contribution in [1.82, 2.24) is 20.4 Å². The van der Waals surface area contributed by atoms with Crippen molar-refractivity contribution in [3.05, 3.63) is 77.1 Å². The van der Waals surface area contributed by atoms with Gasteiger partial charge in [0, 0.05) is 17.8 Å². The average Bonchev–Trinajstić information content (AvgIpc) is 3.23. The Morgan fingerprint density at radius 3 is 2.44 bits per heavy atom. The molecular weight excluding hydrogens is 423 g/mol. The molecule has 0 aliphatic carbocycles. The van der Waals surface area contributed by atoms with Crippen LogP contribution in [-0.4, -0.2) is 26.7 Å². The van der Waals surface area contributed by atoms with E-state index in [1.165, 1.54) is 12.1 Å². The van der Waals surface area contributed by atoms with Crippen LogP contribution < -0.4 is 5.32 Å². The number of thiocarbonyl (C=S) groups is 1. The zero-order chi connectivity index (χ0) is 22.8. The van der Waals surface area contributed by atoms with E-state index in [0.29, 0.717) is 22.7 Å². The number of rotatable bonds is 6. The third kappa shape index (κ3) is 4.58. The minimum Gasteiger partial charge on any atom is -0.351 e. The SMILES string of the molecule is CC1=C(c2nc(-c3ccc(C)cc3)no2)C(c2ccc(F)cc2)NC(=S)N1CCC(C)C. The van der Waals surface area contributed by atoms with Gasteiger partial charge in [0.25, 0.3) is 5.89 Å². The number of aromatic nitrogens is 2. The van der Waals surface area contributed by atoms with Gasteiger partial charge in [-0.25, -0.2) is 4.39 Å². The van der Waals surface area contributed by atoms with Crippen molar-refractivity contribution in [2.75, 3.05) is 6.54 Å². The van der Waals surface area contributed by atoms with E-state index < -0.39 is 0 Å². The molecule has 0 saturated heterocycles. The monoisotopic (exact) mass is 450 g/mol. The largest absolute Gasteiger partial charge is 0.351 e. The average molecular weight is 451 g/mol. The van der Waals surface area contributed by atoms with Crippen LogP contribution in [0, 0.1) is 18.7 Å². The first-order chi connectivity index (χ1) is 15.3. The summed E-state index contributed by atoms with van der Waals surface area (Å²) in [7, 11) is 0. The van der Waals surface area contributed by atoms with E-state index in [0.717, 1.165) is 40.9 Å². The summed E-state index contributed by atoms with van der Waals surface area (Å²) in [6, 6.07) is 14.1. The van der Waals surface area contributed by atoms with Gasteiger partial charge in [-0.1, -0.05) is 61.0 Å². The van der Waals surface area contributed by atoms with Gasteiger partial charge in [-0.3, -0.25) is 0 Å². The molecule has 0 bridgehead atoms. The van der Waals surface area contributed by atoms with E-state index >= 15 is 0 Å². The van der Waals surface area contributed by atoms with Gasteiger partial charge >= 0.3 is 0 Å². The molecule has 0 radical (unpaired) electrons. The van der Waals surface area contributed by atoms with E-state index in [4.69, 9.17) is 21.7 Å². The highest BCUT2D eigenvalue weighted by Crippen LogP contribution is 2.37. The maximum Gasteiger partial charge on any atom is 0.258 e. The van der Waals surface area contributed by atoms with Crippen molar-refractivity contribution >= 4 is 22.9 Å². The first kappa shape index (κ1) is 22.1. The molecule has 0 saturated carbocycles. The predicted octanol–water partition coefficient (Wildman–Crippen LogP) is 5.89. The number of benzene rings is 2. The van der Waals surface area contributed by atoms with Crippen molar-refractivity contribution in [2.45, 2.75) is 40.2 Å². The molecule has 5 nitrogen and oxygen atoms in total. The summed E-state index contributed by atoms with van der Waals surface area (Å²) in [5, 5.41) is 8.28. The molecule has 0 spiro atoms. The van der Waals surface area contributed by atoms with E-state index in [9.17, 15) is 4.39 Å². The smallest absolute Gasteiger partial charge is 0.258 e. The number of hydrogen-bond acceptors (Lipinski definition) is 4. The van der Waals surface area contributed by atoms with Gasteiger partial charge in [-0.15, -0.1) is 0 Å². The number of halogens is 1. The molecule has 166 valence electrons. The van der Waals surface area contributed by atoms with Gasteiger partial charge in [0.05, 0.1) is 11.6 Å². The van der Waals surface area contributed by atoms with Gasteiger partial charge < -0.3 is 14.7 Å². The lowest BCUT2D eigenvalue weighted by atomic mass is 9.94. The van der Waals surface area contributed by atoms with Gasteiger partial charge in [0.1, 0.15) is 5.82 Å². The van der Waals surface area contributed by atoms with Crippen molar-refractivity contribution in [2.24, 2.45) is 5.92 Å². The molecule has 0 fully saturated rings. The van der Waals surface area contributed by atoms with Crippen molar-refractivity contribution in [3.63, 3.8) is 0 Å². The number of allylic oxidation sites excluding steroid dienone is 1. The molecule has 1 aromatic heterocycles. The molecule has 0 amide bonds. The van der Waals surface area contributed by atoms with Crippen LogP contribution in [0.15, 0.2) is 58.8 Å². The van der Waals surface area contributed by atoms with Crippen LogP contribution in [0.5, 0.6) is 0 Å². The molecular formula is C25H27FN4OS. The van der Waals surface area contributed by atoms with Crippen molar-refractivity contribution < 1.29 is 8.91 Å². The molecule has 32 heavy (non-hydrogen) atoms. The Morgan fingerprint density at radius 1 is 1.09 bits per heavy atom. The third-order valence-electron chi connectivity index (χ3n) is 5.70. The first-order valence-electron chi connectivity index (χ1n) is 10.8. The second-order valence-electron chi connectivity index (χ2n) is 8.56. The summed E-state index contributed by atoms with van der Waals surface area (Å²) in [6.07, 6.45) is 0.992. The van der Waals surface area contributed by atoms with Crippen molar-refractivity contribution in [3.8, 4) is 11.4 Å². The fourth-order valence-electron chi connectivity index (χ4n) is 3.77. The molecule has 2 heterocycles. The lowest BCUT2D eigenvalue weighted by Crippen LogP contribution is -2.46. The van der Waals surface area contributed by atoms with Crippen molar-refractivity contribution in [1.29, 1.82) is 0 Å². The molecule has 3 aromatic rings. The molecule has 2 aromatic carbocycles. The molecule has 1 aliphatic rings. The second kappa shape index (κ2) is 9.20. The maximum absolute atomic E-state index is 13.6. The molecule has 1 N–H and O–H groups in total. The van der Waals surface area contributed by atoms with Crippen LogP contribution in [0.4, 0.5) is 4.39 Å². The van der Waals surface area contributed by atoms with Crippen LogP contribution in [0.1, 0.15) is 50.3 Å². The Morgan fingerprint density at radius 2 is 1.78 bits per heavy atom. The number of aryl methyl sites for hydroxylation is 1. The normalized spacial score (nSPS) is 16.6. The van der Waals surface area contributed by atoms with Crippen LogP contribution in [0.3, 0.4) is 0 Å². The molecule has 4 rings (SSSR count). The summed E-state index contributed by atoms with van der Waals surface area (Å²) < 4.78 is 19.3. The van der Waals surface area contributed by atoms with Crippen LogP contribution in [-0.2, 0) is 0 Å². The van der Waals surface area contributed by atoms with Crippen LogP contribution in [0.25, 0.3) is 17.0 Å². The molecule has 1 aliphatic heterocycles. The third-order valence-corrected chi connectivity index (χ3v) is 6.03. The zero-order valence-electron chi connectivity index (χ0n) is 18.7. The summed E-state index contributed by atoms with van der Waals surface area (Å²) in [6.45, 7) is 9.22. The van der Waals surface area contributed by atoms with Crippen LogP contribution in [0.2, 0.25) is 0 Å². The lowest BCUT2D eigenvalue weighted by molar-refractivity contribution is 0.390. The zero-order valence-corrected chi connectivity index (χ0v) is 19.5. The fraction of sp³-hybridized carbons (Fsp3) is 0.320. The topological polar surface area (TPSA) is 54.2 Å². The van der Waals surface area contributed by atoms with E-state index in [2.05, 4.69) is 29.2 Å². The first-order valence-corrected chi connectivity index (χ1v) is 11.2. The number of hydrogen-bond donors (Lipinski definition) is 1. The van der Waals surface area contributed by atoms with Gasteiger partial charge in [-0.2, -0.15) is 4.98 Å². The minimum absolute atomic E-state index is 0.285. The molecule has 1 atom stereocenters. The lowest BCUT2D eigenvalue weighted by Gasteiger charge is -2.37. The van der Waals surface area contributed by atoms with E-state index in [-0.39, 0.29) is 11.9 Å². The minimum atomic E-state index is -0.315. The molecule has 7 heteroatoms. The van der Waals surface area contributed by atoms with Gasteiger partial charge in [0.15, 0.2) is 5.11 Å². The van der Waals surface area contributed by atoms with Gasteiger partial charge in [0.2, 0.25) is 5.82 Å². The Labute approximate surface area is 193 Å². The summed E-state index contributed by atoms with van der Waals surface area (Å²) in [5.74, 6) is 1.21. The second-order valence-corrected chi connectivity index (χ2v) is 8.94. The summed E-state index contributed by atoms with van der Waals surface area (Å²) in [4.78, 5) is 6.80. The Balaban J connectivity index is 1.78. The maximum atomic E-state index is 13.6. The van der Waals surface area contributed by atoms with E-state index in [1.54, 1.807) is 12.1 Å². The molecule has 1 unspecified atom stereocenters. The van der Waals surface area contributed by atoms with Gasteiger partial charge in [-0.05, 0) is 56.1 Å². The standard InChI is InChI=1S/C25H27FN4OS/c1-15(2)13-14-30-17(4)21(22(27-25(30)32)18-9-11-20(26)12-10-18)24-28-23(29-31-24)19-7-5-16(3)6-8-19/h5-12,15,22H,13-14H2,1-4H3,(H,27,32). The predicted molar refractivity (Wildman–Crippen MR) is 128 cm³/mol. The van der Waals surface area contributed by atoms with E-state index in [1.807, 2.05) is 38.1 Å². The van der Waals surface area contributed by atoms with Crippen LogP contribution >= 0.6 is 12.2 Å². The number of nitrogens with zero attached hydrogens (tertiary/aromatic N) is 3. The number of nitrogens with one attached hydrogen (secondary N) is 1. The Kier molecular flexibility index (Phi) is 6.37. The quantitative estimate of drug-likeness (QED) is 0.473. The highest BCUT2D eigenvalue weighted by Gasteiger charge is 2.34. The summed E-state index contributed by atoms with van der Waals surface area (Å²) in [5.41, 5.74) is 4.74. The highest BCUT2D eigenvalue weighted by atomic mass is 32.1. The summed E-state index contributed by atoms with van der Waals surface area (Å²) >= 11 is 5.70. The Bertz CT molecular complexity index is 1140.